The van der Waals surface area contributed by atoms with Crippen LogP contribution in [0.25, 0.3) is 0 Å². The number of aromatic nitrogens is 4. The Morgan fingerprint density at radius 3 is 2.33 bits per heavy atom. The van der Waals surface area contributed by atoms with Gasteiger partial charge in [0.1, 0.15) is 11.6 Å². The van der Waals surface area contributed by atoms with Crippen LogP contribution in [0.5, 0.6) is 5.75 Å². The number of amidine groups is 1. The van der Waals surface area contributed by atoms with Crippen molar-refractivity contribution in [2.75, 3.05) is 23.4 Å². The van der Waals surface area contributed by atoms with E-state index in [9.17, 15) is 9.59 Å². The van der Waals surface area contributed by atoms with Gasteiger partial charge >= 0.3 is 0 Å². The highest BCUT2D eigenvalue weighted by Crippen LogP contribution is 2.39. The van der Waals surface area contributed by atoms with Crippen LogP contribution in [0.2, 0.25) is 0 Å². The zero-order chi connectivity index (χ0) is 33.2. The van der Waals surface area contributed by atoms with Gasteiger partial charge in [0.25, 0.3) is 11.8 Å². The largest absolute Gasteiger partial charge is 0.481 e. The number of amides is 2. The molecule has 1 saturated heterocycles. The minimum absolute atomic E-state index is 0.0423. The van der Waals surface area contributed by atoms with E-state index in [1.165, 1.54) is 22.3 Å². The van der Waals surface area contributed by atoms with Gasteiger partial charge in [-0.3, -0.25) is 9.59 Å². The van der Waals surface area contributed by atoms with E-state index in [0.717, 1.165) is 55.9 Å². The highest BCUT2D eigenvalue weighted by atomic mass is 32.2. The molecule has 5 rings (SSSR count). The van der Waals surface area contributed by atoms with Gasteiger partial charge < -0.3 is 15.0 Å². The molecule has 2 aliphatic rings. The van der Waals surface area contributed by atoms with E-state index < -0.39 is 11.4 Å². The number of tetrazole rings is 1. The zero-order valence-electron chi connectivity index (χ0n) is 28.2. The number of hydrogen-bond acceptors (Lipinski definition) is 9. The van der Waals surface area contributed by atoms with Crippen LogP contribution in [0.4, 0.5) is 11.4 Å². The monoisotopic (exact) mass is 646 g/mol. The highest BCUT2D eigenvalue weighted by molar-refractivity contribution is 8.01. The van der Waals surface area contributed by atoms with E-state index in [1.54, 1.807) is 42.9 Å². The summed E-state index contributed by atoms with van der Waals surface area (Å²) in [6.45, 7) is 16.8. The number of aryl methyl sites for hydroxylation is 1. The van der Waals surface area contributed by atoms with E-state index in [1.807, 2.05) is 6.07 Å². The third-order valence-electron chi connectivity index (χ3n) is 9.41. The number of benzene rings is 2. The number of hydrogen-bond donors (Lipinski definition) is 1. The Morgan fingerprint density at radius 2 is 1.72 bits per heavy atom. The van der Waals surface area contributed by atoms with Crippen molar-refractivity contribution in [2.45, 2.75) is 101 Å². The van der Waals surface area contributed by atoms with E-state index in [-0.39, 0.29) is 22.6 Å². The standard InChI is InChI=1S/C34H46N8O3S/c1-9-33(4,5)23-13-18-27(26(21-23)34(6,7)10-2)45-22(3)30(43)35-24-14-16-25(17-15-24)42-31(44)28(46-32-36-38-39-40(32)8)29(37-42)41-19-11-12-20-41/h13-18,21-22,28H,9-12,19-20H2,1-8H3,(H,35,43). The average Bonchev–Trinajstić information content (AvgIpc) is 3.79. The van der Waals surface area contributed by atoms with Gasteiger partial charge in [-0.2, -0.15) is 10.1 Å². The van der Waals surface area contributed by atoms with Crippen LogP contribution in [0, 0.1) is 0 Å². The molecule has 2 aromatic carbocycles. The summed E-state index contributed by atoms with van der Waals surface area (Å²) in [6.07, 6.45) is 3.36. The molecule has 11 nitrogen and oxygen atoms in total. The van der Waals surface area contributed by atoms with Crippen LogP contribution in [-0.2, 0) is 27.5 Å². The Hall–Kier alpha value is -3.93. The van der Waals surface area contributed by atoms with Crippen LogP contribution in [0.15, 0.2) is 52.7 Å². The molecule has 0 spiro atoms. The van der Waals surface area contributed by atoms with Crippen molar-refractivity contribution in [1.29, 1.82) is 0 Å². The number of nitrogens with one attached hydrogen (secondary N) is 1. The molecule has 1 N–H and O–H groups in total. The molecule has 3 heterocycles. The molecule has 2 unspecified atom stereocenters. The fourth-order valence-electron chi connectivity index (χ4n) is 5.47. The minimum Gasteiger partial charge on any atom is -0.481 e. The van der Waals surface area contributed by atoms with Crippen LogP contribution >= 0.6 is 11.8 Å². The maximum Gasteiger partial charge on any atom is 0.268 e. The molecular formula is C34H46N8O3S. The molecule has 2 atom stereocenters. The number of rotatable bonds is 11. The van der Waals surface area contributed by atoms with Crippen molar-refractivity contribution in [3.8, 4) is 5.75 Å². The molecule has 12 heteroatoms. The molecule has 0 saturated carbocycles. The summed E-state index contributed by atoms with van der Waals surface area (Å²) < 4.78 is 7.86. The van der Waals surface area contributed by atoms with Crippen LogP contribution < -0.4 is 15.1 Å². The first-order valence-electron chi connectivity index (χ1n) is 16.1. The molecule has 46 heavy (non-hydrogen) atoms. The number of anilines is 2. The Labute approximate surface area is 276 Å². The quantitative estimate of drug-likeness (QED) is 0.273. The molecule has 2 aliphatic heterocycles. The predicted octanol–water partition coefficient (Wildman–Crippen LogP) is 5.91. The normalized spacial score (nSPS) is 17.8. The predicted molar refractivity (Wildman–Crippen MR) is 182 cm³/mol. The smallest absolute Gasteiger partial charge is 0.268 e. The number of carbonyl (C=O) groups is 2. The second-order valence-corrected chi connectivity index (χ2v) is 14.4. The van der Waals surface area contributed by atoms with Crippen molar-refractivity contribution >= 4 is 40.8 Å². The van der Waals surface area contributed by atoms with E-state index in [4.69, 9.17) is 9.84 Å². The molecule has 2 amide bonds. The number of thioether (sulfide) groups is 1. The Balaban J connectivity index is 1.29. The van der Waals surface area contributed by atoms with Crippen molar-refractivity contribution in [3.05, 3.63) is 53.6 Å². The highest BCUT2D eigenvalue weighted by Gasteiger charge is 2.42. The lowest BCUT2D eigenvalue weighted by molar-refractivity contribution is -0.122. The first kappa shape index (κ1) is 33.4. The number of ether oxygens (including phenoxy) is 1. The van der Waals surface area contributed by atoms with Gasteiger partial charge in [-0.05, 0) is 89.8 Å². The third-order valence-corrected chi connectivity index (χ3v) is 10.6. The summed E-state index contributed by atoms with van der Waals surface area (Å²) in [5.74, 6) is 1.03. The zero-order valence-corrected chi connectivity index (χ0v) is 29.0. The summed E-state index contributed by atoms with van der Waals surface area (Å²) >= 11 is 1.30. The lowest BCUT2D eigenvalue weighted by Crippen LogP contribution is -2.37. The Kier molecular flexibility index (Phi) is 9.76. The lowest BCUT2D eigenvalue weighted by atomic mass is 9.76. The fourth-order valence-corrected chi connectivity index (χ4v) is 6.45. The first-order valence-corrected chi connectivity index (χ1v) is 17.0. The van der Waals surface area contributed by atoms with E-state index >= 15 is 0 Å². The summed E-state index contributed by atoms with van der Waals surface area (Å²) in [5.41, 5.74) is 3.51. The second kappa shape index (κ2) is 13.4. The van der Waals surface area contributed by atoms with Gasteiger partial charge in [0.15, 0.2) is 11.4 Å². The van der Waals surface area contributed by atoms with Crippen LogP contribution in [0.1, 0.15) is 85.3 Å². The van der Waals surface area contributed by atoms with Gasteiger partial charge in [-0.25, -0.2) is 4.68 Å². The summed E-state index contributed by atoms with van der Waals surface area (Å²) in [6, 6.07) is 13.5. The van der Waals surface area contributed by atoms with Crippen molar-refractivity contribution in [3.63, 3.8) is 0 Å². The van der Waals surface area contributed by atoms with Crippen molar-refractivity contribution in [2.24, 2.45) is 12.1 Å². The van der Waals surface area contributed by atoms with Gasteiger partial charge in [-0.15, -0.1) is 5.10 Å². The second-order valence-electron chi connectivity index (χ2n) is 13.4. The maximum absolute atomic E-state index is 13.6. The molecule has 0 bridgehead atoms. The molecular weight excluding hydrogens is 600 g/mol. The molecule has 3 aromatic rings. The van der Waals surface area contributed by atoms with Crippen LogP contribution in [0.3, 0.4) is 0 Å². The van der Waals surface area contributed by atoms with Crippen molar-refractivity contribution in [1.82, 2.24) is 25.1 Å². The molecule has 246 valence electrons. The third kappa shape index (κ3) is 6.91. The summed E-state index contributed by atoms with van der Waals surface area (Å²) in [7, 11) is 1.75. The number of carbonyl (C=O) groups excluding carboxylic acids is 2. The summed E-state index contributed by atoms with van der Waals surface area (Å²) in [5, 5.41) is 20.8. The van der Waals surface area contributed by atoms with Gasteiger partial charge in [-0.1, -0.05) is 65.4 Å². The number of likely N-dealkylation sites (tertiary alicyclic amines) is 1. The van der Waals surface area contributed by atoms with Crippen molar-refractivity contribution < 1.29 is 14.3 Å². The minimum atomic E-state index is -0.725. The van der Waals surface area contributed by atoms with E-state index in [0.29, 0.717) is 16.5 Å². The molecule has 1 fully saturated rings. The van der Waals surface area contributed by atoms with Gasteiger partial charge in [0, 0.05) is 31.4 Å². The Bertz CT molecular complexity index is 1590. The fraction of sp³-hybridized carbons (Fsp3) is 0.529. The van der Waals surface area contributed by atoms with Gasteiger partial charge in [0.2, 0.25) is 5.16 Å². The molecule has 0 radical (unpaired) electrons. The first-order chi connectivity index (χ1) is 21.8. The topological polar surface area (TPSA) is 118 Å². The molecule has 1 aromatic heterocycles. The van der Waals surface area contributed by atoms with E-state index in [2.05, 4.69) is 79.4 Å². The maximum atomic E-state index is 13.6. The SMILES string of the molecule is CCC(C)(C)c1ccc(OC(C)C(=O)Nc2ccc(N3N=C(N4CCCC4)C(Sc4nnnn4C)C3=O)cc2)c(C(C)(C)CC)c1. The molecule has 0 aliphatic carbocycles. The Morgan fingerprint density at radius 1 is 1.04 bits per heavy atom. The summed E-state index contributed by atoms with van der Waals surface area (Å²) in [4.78, 5) is 29.1. The number of nitrogens with zero attached hydrogens (tertiary/aromatic N) is 7. The average molecular weight is 647 g/mol. The lowest BCUT2D eigenvalue weighted by Gasteiger charge is -2.31. The van der Waals surface area contributed by atoms with Crippen LogP contribution in [-0.4, -0.2) is 67.2 Å². The van der Waals surface area contributed by atoms with Gasteiger partial charge in [0.05, 0.1) is 5.69 Å². The number of hydrazone groups is 1.